The summed E-state index contributed by atoms with van der Waals surface area (Å²) in [5.41, 5.74) is 2.41. The van der Waals surface area contributed by atoms with Gasteiger partial charge in [-0.1, -0.05) is 52.2 Å². The predicted octanol–water partition coefficient (Wildman–Crippen LogP) is 5.65. The van der Waals surface area contributed by atoms with Gasteiger partial charge in [0.15, 0.2) is 0 Å². The van der Waals surface area contributed by atoms with Crippen molar-refractivity contribution in [2.24, 2.45) is 46.3 Å². The second-order valence-corrected chi connectivity index (χ2v) is 14.5. The summed E-state index contributed by atoms with van der Waals surface area (Å²) in [6.07, 6.45) is 15.2. The Morgan fingerprint density at radius 2 is 1.79 bits per heavy atom. The number of fused-ring (bicyclic) bond motifs is 5. The van der Waals surface area contributed by atoms with E-state index in [1.807, 2.05) is 6.92 Å². The Morgan fingerprint density at radius 1 is 1.09 bits per heavy atom. The van der Waals surface area contributed by atoms with Gasteiger partial charge in [0.25, 0.3) is 0 Å². The molecule has 4 rings (SSSR count). The van der Waals surface area contributed by atoms with E-state index >= 15 is 0 Å². The molecule has 1 amide bonds. The predicted molar refractivity (Wildman–Crippen MR) is 135 cm³/mol. The fraction of sp³-hybridized carbons (Fsp3) is 0.857. The molecule has 8 atom stereocenters. The Hall–Kier alpha value is -1.17. The van der Waals surface area contributed by atoms with Crippen molar-refractivity contribution in [2.75, 3.05) is 6.26 Å². The van der Waals surface area contributed by atoms with Gasteiger partial charge in [0.05, 0.1) is 6.26 Å². The lowest BCUT2D eigenvalue weighted by molar-refractivity contribution is -0.127. The van der Waals surface area contributed by atoms with E-state index in [1.165, 1.54) is 25.7 Å². The largest absolute Gasteiger partial charge is 0.300 e. The molecule has 5 nitrogen and oxygen atoms in total. The van der Waals surface area contributed by atoms with Gasteiger partial charge in [0.1, 0.15) is 5.78 Å². The quantitative estimate of drug-likeness (QED) is 0.467. The van der Waals surface area contributed by atoms with Crippen LogP contribution in [0.4, 0.5) is 0 Å². The van der Waals surface area contributed by atoms with Crippen molar-refractivity contribution in [1.29, 1.82) is 0 Å². The number of allylic oxidation sites excluding steroid dienone is 2. The molecule has 0 radical (unpaired) electrons. The Bertz CT molecular complexity index is 955. The standard InChI is InChI=1S/C28H45NO4S/c1-18(7-6-8-19(2)26(31)29-34(5,32)33)23-11-12-24-22-10-9-20-17-21(30)13-15-27(20,3)25(22)14-16-28(23,24)4/h10,18-20,23-25H,6-9,11-17H2,1-5H3,(H,29,31)/t18-,19+,20+,23-,24+,25+,27+,28-/m1/s1. The molecule has 4 aliphatic rings. The van der Waals surface area contributed by atoms with Crippen LogP contribution in [-0.4, -0.2) is 26.4 Å². The molecule has 0 saturated heterocycles. The zero-order chi connectivity index (χ0) is 24.9. The molecule has 1 N–H and O–H groups in total. The summed E-state index contributed by atoms with van der Waals surface area (Å²) in [6, 6.07) is 0. The lowest BCUT2D eigenvalue weighted by Gasteiger charge is -2.57. The topological polar surface area (TPSA) is 80.3 Å². The minimum atomic E-state index is -3.49. The molecule has 34 heavy (non-hydrogen) atoms. The molecular weight excluding hydrogens is 446 g/mol. The van der Waals surface area contributed by atoms with Gasteiger partial charge >= 0.3 is 0 Å². The lowest BCUT2D eigenvalue weighted by Crippen LogP contribution is -2.49. The molecule has 0 aromatic heterocycles. The summed E-state index contributed by atoms with van der Waals surface area (Å²) < 4.78 is 24.8. The van der Waals surface area contributed by atoms with E-state index in [2.05, 4.69) is 31.6 Å². The van der Waals surface area contributed by atoms with E-state index in [0.29, 0.717) is 46.2 Å². The second-order valence-electron chi connectivity index (χ2n) is 12.8. The Labute approximate surface area is 207 Å². The third-order valence-electron chi connectivity index (χ3n) is 10.7. The Morgan fingerprint density at radius 3 is 2.50 bits per heavy atom. The zero-order valence-electron chi connectivity index (χ0n) is 21.9. The Balaban J connectivity index is 1.38. The summed E-state index contributed by atoms with van der Waals surface area (Å²) in [6.45, 7) is 9.25. The highest BCUT2D eigenvalue weighted by molar-refractivity contribution is 7.89. The zero-order valence-corrected chi connectivity index (χ0v) is 22.7. The molecular formula is C28H45NO4S. The van der Waals surface area contributed by atoms with Crippen LogP contribution < -0.4 is 4.72 Å². The van der Waals surface area contributed by atoms with E-state index in [-0.39, 0.29) is 11.8 Å². The highest BCUT2D eigenvalue weighted by Gasteiger charge is 2.58. The maximum Gasteiger partial charge on any atom is 0.236 e. The summed E-state index contributed by atoms with van der Waals surface area (Å²) in [5.74, 6) is 3.01. The van der Waals surface area contributed by atoms with Crippen LogP contribution in [0, 0.1) is 46.3 Å². The van der Waals surface area contributed by atoms with Gasteiger partial charge in [-0.2, -0.15) is 0 Å². The average molecular weight is 492 g/mol. The third kappa shape index (κ3) is 4.77. The summed E-state index contributed by atoms with van der Waals surface area (Å²) in [5, 5.41) is 0. The monoisotopic (exact) mass is 491 g/mol. The van der Waals surface area contributed by atoms with Crippen LogP contribution in [-0.2, 0) is 19.6 Å². The molecule has 0 bridgehead atoms. The van der Waals surface area contributed by atoms with Gasteiger partial charge in [0.2, 0.25) is 15.9 Å². The number of sulfonamides is 1. The number of carbonyl (C=O) groups is 2. The number of hydrogen-bond donors (Lipinski definition) is 1. The van der Waals surface area contributed by atoms with Crippen LogP contribution in [0.15, 0.2) is 11.6 Å². The molecule has 6 heteroatoms. The first kappa shape index (κ1) is 25.9. The number of carbonyl (C=O) groups excluding carboxylic acids is 2. The van der Waals surface area contributed by atoms with Crippen LogP contribution in [0.25, 0.3) is 0 Å². The average Bonchev–Trinajstić information content (AvgIpc) is 3.10. The molecule has 3 fully saturated rings. The molecule has 4 aliphatic carbocycles. The van der Waals surface area contributed by atoms with Crippen molar-refractivity contribution in [3.63, 3.8) is 0 Å². The smallest absolute Gasteiger partial charge is 0.236 e. The highest BCUT2D eigenvalue weighted by Crippen LogP contribution is 2.66. The SMILES string of the molecule is C[C@H](CCC[C@H](C)C(=O)NS(C)(=O)=O)[C@H]1CC[C@H]2C3=CC[C@H]4CC(=O)CC[C@]4(C)[C@H]3CC[C@]12C. The van der Waals surface area contributed by atoms with Crippen molar-refractivity contribution in [3.05, 3.63) is 11.6 Å². The first-order valence-corrected chi connectivity index (χ1v) is 15.5. The molecule has 0 unspecified atom stereocenters. The van der Waals surface area contributed by atoms with Crippen LogP contribution in [0.1, 0.15) is 98.3 Å². The minimum Gasteiger partial charge on any atom is -0.300 e. The van der Waals surface area contributed by atoms with Crippen LogP contribution in [0.5, 0.6) is 0 Å². The first-order chi connectivity index (χ1) is 15.8. The lowest BCUT2D eigenvalue weighted by atomic mass is 9.47. The van der Waals surface area contributed by atoms with Gasteiger partial charge in [0, 0.05) is 18.8 Å². The molecule has 0 aromatic rings. The number of rotatable bonds is 7. The first-order valence-electron chi connectivity index (χ1n) is 13.6. The normalized spacial score (nSPS) is 39.3. The van der Waals surface area contributed by atoms with E-state index < -0.39 is 10.0 Å². The molecule has 3 saturated carbocycles. The minimum absolute atomic E-state index is 0.285. The summed E-state index contributed by atoms with van der Waals surface area (Å²) >= 11 is 0. The molecule has 0 heterocycles. The second kappa shape index (κ2) is 9.37. The van der Waals surface area contributed by atoms with E-state index in [0.717, 1.165) is 51.2 Å². The van der Waals surface area contributed by atoms with Gasteiger partial charge in [-0.3, -0.25) is 14.3 Å². The van der Waals surface area contributed by atoms with Gasteiger partial charge in [-0.25, -0.2) is 8.42 Å². The van der Waals surface area contributed by atoms with Crippen molar-refractivity contribution in [2.45, 2.75) is 98.3 Å². The molecule has 0 spiro atoms. The van der Waals surface area contributed by atoms with Crippen molar-refractivity contribution >= 4 is 21.7 Å². The molecule has 192 valence electrons. The molecule has 0 aromatic carbocycles. The van der Waals surface area contributed by atoms with E-state index in [4.69, 9.17) is 0 Å². The third-order valence-corrected chi connectivity index (χ3v) is 11.3. The number of nitrogens with one attached hydrogen (secondary N) is 1. The summed E-state index contributed by atoms with van der Waals surface area (Å²) in [4.78, 5) is 24.2. The van der Waals surface area contributed by atoms with Gasteiger partial charge in [-0.15, -0.1) is 0 Å². The fourth-order valence-electron chi connectivity index (χ4n) is 8.64. The van der Waals surface area contributed by atoms with E-state index in [1.54, 1.807) is 5.57 Å². The fourth-order valence-corrected chi connectivity index (χ4v) is 9.21. The highest BCUT2D eigenvalue weighted by atomic mass is 32.2. The number of ketones is 1. The molecule has 0 aliphatic heterocycles. The number of amides is 1. The van der Waals surface area contributed by atoms with Crippen molar-refractivity contribution in [3.8, 4) is 0 Å². The van der Waals surface area contributed by atoms with Gasteiger partial charge in [-0.05, 0) is 85.4 Å². The van der Waals surface area contributed by atoms with Crippen molar-refractivity contribution in [1.82, 2.24) is 4.72 Å². The van der Waals surface area contributed by atoms with Crippen molar-refractivity contribution < 1.29 is 18.0 Å². The maximum atomic E-state index is 12.1. The maximum absolute atomic E-state index is 12.1. The number of hydrogen-bond acceptors (Lipinski definition) is 4. The Kier molecular flexibility index (Phi) is 7.14. The van der Waals surface area contributed by atoms with Crippen LogP contribution in [0.3, 0.4) is 0 Å². The van der Waals surface area contributed by atoms with Crippen LogP contribution >= 0.6 is 0 Å². The number of Topliss-reactive ketones (excluding diaryl/α,β-unsaturated/α-hetero) is 1. The summed E-state index contributed by atoms with van der Waals surface area (Å²) in [7, 11) is -3.49. The van der Waals surface area contributed by atoms with Crippen LogP contribution in [0.2, 0.25) is 0 Å². The van der Waals surface area contributed by atoms with Gasteiger partial charge < -0.3 is 0 Å². The van der Waals surface area contributed by atoms with E-state index in [9.17, 15) is 18.0 Å².